The van der Waals surface area contributed by atoms with Gasteiger partial charge in [0, 0.05) is 22.5 Å². The van der Waals surface area contributed by atoms with E-state index in [9.17, 15) is 14.7 Å². The Labute approximate surface area is 194 Å². The van der Waals surface area contributed by atoms with Crippen molar-refractivity contribution in [2.45, 2.75) is 13.0 Å². The number of hydrogen-bond donors (Lipinski definition) is 1. The molecule has 1 aromatic heterocycles. The van der Waals surface area contributed by atoms with Gasteiger partial charge >= 0.3 is 0 Å². The minimum Gasteiger partial charge on any atom is -0.507 e. The summed E-state index contributed by atoms with van der Waals surface area (Å²) < 4.78 is 5.15. The van der Waals surface area contributed by atoms with Crippen LogP contribution in [0.3, 0.4) is 0 Å². The van der Waals surface area contributed by atoms with Crippen molar-refractivity contribution < 1.29 is 19.4 Å². The Hall–Kier alpha value is -3.35. The van der Waals surface area contributed by atoms with Crippen LogP contribution >= 0.6 is 23.2 Å². The Morgan fingerprint density at radius 3 is 2.50 bits per heavy atom. The Kier molecular flexibility index (Phi) is 5.91. The van der Waals surface area contributed by atoms with Crippen molar-refractivity contribution in [2.24, 2.45) is 0 Å². The first-order valence-electron chi connectivity index (χ1n) is 9.65. The average molecular weight is 469 g/mol. The minimum atomic E-state index is -0.933. The molecule has 1 atom stereocenters. The lowest BCUT2D eigenvalue weighted by molar-refractivity contribution is -0.132. The van der Waals surface area contributed by atoms with Crippen LogP contribution in [0, 0.1) is 6.92 Å². The van der Waals surface area contributed by atoms with Crippen molar-refractivity contribution in [3.63, 3.8) is 0 Å². The first kappa shape index (κ1) is 21.9. The zero-order valence-corrected chi connectivity index (χ0v) is 18.7. The number of rotatable bonds is 4. The fourth-order valence-corrected chi connectivity index (χ4v) is 4.24. The summed E-state index contributed by atoms with van der Waals surface area (Å²) >= 11 is 12.3. The Balaban J connectivity index is 1.95. The molecule has 32 heavy (non-hydrogen) atoms. The fourth-order valence-electron chi connectivity index (χ4n) is 3.76. The smallest absolute Gasteiger partial charge is 0.300 e. The van der Waals surface area contributed by atoms with E-state index in [1.54, 1.807) is 61.7 Å². The van der Waals surface area contributed by atoms with Crippen molar-refractivity contribution in [2.75, 3.05) is 12.0 Å². The summed E-state index contributed by atoms with van der Waals surface area (Å²) in [6.07, 6.45) is 1.56. The maximum absolute atomic E-state index is 13.2. The van der Waals surface area contributed by atoms with Gasteiger partial charge in [-0.1, -0.05) is 29.3 Å². The molecule has 1 aliphatic rings. The van der Waals surface area contributed by atoms with E-state index < -0.39 is 17.7 Å². The lowest BCUT2D eigenvalue weighted by Gasteiger charge is -2.26. The van der Waals surface area contributed by atoms with E-state index in [2.05, 4.69) is 4.98 Å². The van der Waals surface area contributed by atoms with Gasteiger partial charge < -0.3 is 9.84 Å². The highest BCUT2D eigenvalue weighted by atomic mass is 35.5. The van der Waals surface area contributed by atoms with Crippen molar-refractivity contribution in [1.29, 1.82) is 0 Å². The van der Waals surface area contributed by atoms with Crippen LogP contribution in [-0.4, -0.2) is 28.9 Å². The van der Waals surface area contributed by atoms with Crippen molar-refractivity contribution in [3.8, 4) is 5.75 Å². The normalized spacial score (nSPS) is 17.6. The number of aryl methyl sites for hydroxylation is 1. The topological polar surface area (TPSA) is 79.7 Å². The molecule has 0 spiro atoms. The molecular formula is C24H18Cl2N2O4. The van der Waals surface area contributed by atoms with Crippen LogP contribution in [0.15, 0.2) is 66.4 Å². The van der Waals surface area contributed by atoms with Gasteiger partial charge in [-0.15, -0.1) is 0 Å². The monoisotopic (exact) mass is 468 g/mol. The van der Waals surface area contributed by atoms with Crippen LogP contribution in [0.2, 0.25) is 10.0 Å². The summed E-state index contributed by atoms with van der Waals surface area (Å²) in [4.78, 5) is 32.0. The Morgan fingerprint density at radius 2 is 1.88 bits per heavy atom. The molecule has 2 heterocycles. The number of aliphatic hydroxyl groups excluding tert-OH is 1. The number of hydrogen-bond acceptors (Lipinski definition) is 5. The van der Waals surface area contributed by atoms with Crippen LogP contribution in [0.25, 0.3) is 5.76 Å². The number of methoxy groups -OCH3 is 1. The highest BCUT2D eigenvalue weighted by Crippen LogP contribution is 2.43. The second kappa shape index (κ2) is 8.65. The van der Waals surface area contributed by atoms with Crippen LogP contribution in [-0.2, 0) is 9.59 Å². The second-order valence-electron chi connectivity index (χ2n) is 7.20. The number of benzene rings is 2. The molecule has 1 unspecified atom stereocenters. The third-order valence-electron chi connectivity index (χ3n) is 5.26. The van der Waals surface area contributed by atoms with Gasteiger partial charge in [0.25, 0.3) is 11.7 Å². The number of aromatic nitrogens is 1. The summed E-state index contributed by atoms with van der Waals surface area (Å²) in [7, 11) is 1.47. The lowest BCUT2D eigenvalue weighted by Crippen LogP contribution is -2.30. The Bertz CT molecular complexity index is 1260. The number of amides is 1. The highest BCUT2D eigenvalue weighted by molar-refractivity contribution is 6.51. The number of ether oxygens (including phenoxy) is 1. The van der Waals surface area contributed by atoms with Crippen molar-refractivity contribution >= 4 is 46.3 Å². The first-order valence-corrected chi connectivity index (χ1v) is 10.4. The molecule has 0 aliphatic carbocycles. The number of carbonyl (C=O) groups is 2. The van der Waals surface area contributed by atoms with Crippen molar-refractivity contribution in [1.82, 2.24) is 4.98 Å². The predicted molar refractivity (Wildman–Crippen MR) is 123 cm³/mol. The van der Waals surface area contributed by atoms with Gasteiger partial charge in [-0.2, -0.15) is 0 Å². The van der Waals surface area contributed by atoms with E-state index in [1.807, 2.05) is 0 Å². The second-order valence-corrected chi connectivity index (χ2v) is 8.05. The molecule has 3 aromatic rings. The van der Waals surface area contributed by atoms with Gasteiger partial charge in [0.15, 0.2) is 0 Å². The summed E-state index contributed by atoms with van der Waals surface area (Å²) in [6.45, 7) is 1.79. The van der Waals surface area contributed by atoms with Crippen LogP contribution in [0.5, 0.6) is 5.75 Å². The molecule has 1 aliphatic heterocycles. The van der Waals surface area contributed by atoms with E-state index in [0.29, 0.717) is 27.7 Å². The zero-order valence-electron chi connectivity index (χ0n) is 17.2. The van der Waals surface area contributed by atoms with Gasteiger partial charge in [-0.3, -0.25) is 19.5 Å². The molecule has 8 heteroatoms. The predicted octanol–water partition coefficient (Wildman–Crippen LogP) is 5.33. The number of aliphatic hydroxyl groups is 1. The third-order valence-corrected chi connectivity index (χ3v) is 5.79. The number of pyridine rings is 1. The number of carbonyl (C=O) groups excluding carboxylic acids is 2. The van der Waals surface area contributed by atoms with Gasteiger partial charge in [-0.25, -0.2) is 0 Å². The van der Waals surface area contributed by atoms with Gasteiger partial charge in [-0.05, 0) is 61.0 Å². The van der Waals surface area contributed by atoms with E-state index in [1.165, 1.54) is 18.1 Å². The zero-order chi connectivity index (χ0) is 23.0. The maximum atomic E-state index is 13.2. The minimum absolute atomic E-state index is 0.0794. The van der Waals surface area contributed by atoms with E-state index in [-0.39, 0.29) is 21.9 Å². The molecule has 1 amide bonds. The molecule has 0 bridgehead atoms. The molecule has 162 valence electrons. The van der Waals surface area contributed by atoms with E-state index >= 15 is 0 Å². The van der Waals surface area contributed by atoms with Crippen LogP contribution in [0.1, 0.15) is 22.9 Å². The quantitative estimate of drug-likeness (QED) is 0.317. The summed E-state index contributed by atoms with van der Waals surface area (Å²) in [5.41, 5.74) is 1.83. The number of nitrogens with zero attached hydrogens (tertiary/aromatic N) is 2. The summed E-state index contributed by atoms with van der Waals surface area (Å²) in [5, 5.41) is 11.9. The van der Waals surface area contributed by atoms with Gasteiger partial charge in [0.2, 0.25) is 0 Å². The van der Waals surface area contributed by atoms with Crippen LogP contribution < -0.4 is 9.64 Å². The average Bonchev–Trinajstić information content (AvgIpc) is 3.04. The lowest BCUT2D eigenvalue weighted by atomic mass is 9.98. The van der Waals surface area contributed by atoms with Crippen LogP contribution in [0.4, 0.5) is 5.69 Å². The molecule has 0 radical (unpaired) electrons. The molecule has 1 fully saturated rings. The standard InChI is InChI=1S/C24H18Cl2N2O4/c1-13-11-15(25)7-8-18(13)28-21(17-5-3-4-10-27-17)20(23(30)24(28)31)22(29)14-6-9-19(32-2)16(26)12-14/h3-12,21,29H,1-2H3/b22-20+. The number of anilines is 1. The molecule has 4 rings (SSSR count). The van der Waals surface area contributed by atoms with E-state index in [0.717, 1.165) is 0 Å². The molecule has 2 aromatic carbocycles. The third kappa shape index (κ3) is 3.72. The number of ketones is 1. The Morgan fingerprint density at radius 1 is 1.09 bits per heavy atom. The number of halogens is 2. The molecule has 0 saturated carbocycles. The van der Waals surface area contributed by atoms with E-state index in [4.69, 9.17) is 27.9 Å². The molecule has 6 nitrogen and oxygen atoms in total. The van der Waals surface area contributed by atoms with Crippen molar-refractivity contribution in [3.05, 3.63) is 93.2 Å². The molecule has 1 saturated heterocycles. The highest BCUT2D eigenvalue weighted by Gasteiger charge is 2.48. The first-order chi connectivity index (χ1) is 15.3. The van der Waals surface area contributed by atoms with Gasteiger partial charge in [0.05, 0.1) is 23.4 Å². The summed E-state index contributed by atoms with van der Waals surface area (Å²) in [6, 6.07) is 13.9. The maximum Gasteiger partial charge on any atom is 0.300 e. The number of Topliss-reactive ketones (excluding diaryl/α,β-unsaturated/α-hetero) is 1. The van der Waals surface area contributed by atoms with Gasteiger partial charge in [0.1, 0.15) is 17.6 Å². The molecule has 1 N–H and O–H groups in total. The SMILES string of the molecule is COc1ccc(/C(O)=C2\C(=O)C(=O)N(c3ccc(Cl)cc3C)C2c2ccccn2)cc1Cl. The fraction of sp³-hybridized carbons (Fsp3) is 0.125. The largest absolute Gasteiger partial charge is 0.507 e. The summed E-state index contributed by atoms with van der Waals surface area (Å²) in [5.74, 6) is -1.52. The molecular weight excluding hydrogens is 451 g/mol.